The number of rotatable bonds is 5. The van der Waals surface area contributed by atoms with Gasteiger partial charge in [-0.1, -0.05) is 6.92 Å². The Kier molecular flexibility index (Phi) is 4.84. The Hall–Kier alpha value is -1.26. The van der Waals surface area contributed by atoms with Crippen molar-refractivity contribution in [3.63, 3.8) is 0 Å². The Bertz CT molecular complexity index is 347. The fourth-order valence-electron chi connectivity index (χ4n) is 2.00. The van der Waals surface area contributed by atoms with Crippen LogP contribution < -0.4 is 16.0 Å². The van der Waals surface area contributed by atoms with E-state index in [-0.39, 0.29) is 6.04 Å². The molecule has 1 fully saturated rings. The van der Waals surface area contributed by atoms with Crippen molar-refractivity contribution in [3.05, 3.63) is 24.3 Å². The molecule has 0 amide bonds. The Morgan fingerprint density at radius 1 is 1.28 bits per heavy atom. The van der Waals surface area contributed by atoms with Crippen LogP contribution in [0.1, 0.15) is 13.3 Å². The van der Waals surface area contributed by atoms with Gasteiger partial charge in [0.05, 0.1) is 13.2 Å². The van der Waals surface area contributed by atoms with Crippen LogP contribution in [-0.2, 0) is 4.74 Å². The third-order valence-corrected chi connectivity index (χ3v) is 3.34. The van der Waals surface area contributed by atoms with Gasteiger partial charge in [0.1, 0.15) is 0 Å². The number of ether oxygens (including phenoxy) is 1. The van der Waals surface area contributed by atoms with E-state index in [2.05, 4.69) is 41.4 Å². The molecule has 1 aromatic rings. The standard InChI is InChI=1S/C14H23N3O/c1-2-12(15)11-16-13-3-5-14(6-4-13)17-7-9-18-10-8-17/h3-6,12,16H,2,7-11,15H2,1H3/t12-/m1/s1. The number of hydrogen-bond donors (Lipinski definition) is 2. The Balaban J connectivity index is 1.88. The first-order chi connectivity index (χ1) is 8.79. The zero-order valence-electron chi connectivity index (χ0n) is 11.1. The number of morpholine rings is 1. The van der Waals surface area contributed by atoms with Crippen LogP contribution in [0.5, 0.6) is 0 Å². The van der Waals surface area contributed by atoms with Crippen LogP contribution in [0.4, 0.5) is 11.4 Å². The molecule has 0 aromatic heterocycles. The van der Waals surface area contributed by atoms with Crippen molar-refractivity contribution in [3.8, 4) is 0 Å². The third kappa shape index (κ3) is 3.62. The zero-order chi connectivity index (χ0) is 12.8. The van der Waals surface area contributed by atoms with Crippen LogP contribution in [0.25, 0.3) is 0 Å². The quantitative estimate of drug-likeness (QED) is 0.833. The smallest absolute Gasteiger partial charge is 0.0642 e. The summed E-state index contributed by atoms with van der Waals surface area (Å²) < 4.78 is 5.35. The monoisotopic (exact) mass is 249 g/mol. The highest BCUT2D eigenvalue weighted by molar-refractivity contribution is 5.55. The molecule has 0 unspecified atom stereocenters. The van der Waals surface area contributed by atoms with Crippen molar-refractivity contribution in [2.24, 2.45) is 5.73 Å². The van der Waals surface area contributed by atoms with E-state index in [4.69, 9.17) is 10.5 Å². The van der Waals surface area contributed by atoms with Gasteiger partial charge in [-0.2, -0.15) is 0 Å². The Labute approximate surface area is 109 Å². The number of nitrogens with one attached hydrogen (secondary N) is 1. The van der Waals surface area contributed by atoms with E-state index >= 15 is 0 Å². The summed E-state index contributed by atoms with van der Waals surface area (Å²) in [6.07, 6.45) is 0.999. The normalized spacial score (nSPS) is 17.6. The maximum atomic E-state index is 5.88. The van der Waals surface area contributed by atoms with Crippen molar-refractivity contribution in [1.82, 2.24) is 0 Å². The molecule has 2 rings (SSSR count). The molecule has 0 radical (unpaired) electrons. The lowest BCUT2D eigenvalue weighted by Crippen LogP contribution is -2.36. The van der Waals surface area contributed by atoms with Gasteiger partial charge >= 0.3 is 0 Å². The first-order valence-corrected chi connectivity index (χ1v) is 6.72. The Morgan fingerprint density at radius 2 is 1.94 bits per heavy atom. The third-order valence-electron chi connectivity index (χ3n) is 3.34. The zero-order valence-corrected chi connectivity index (χ0v) is 11.1. The molecule has 1 atom stereocenters. The lowest BCUT2D eigenvalue weighted by Gasteiger charge is -2.29. The van der Waals surface area contributed by atoms with Crippen molar-refractivity contribution in [2.45, 2.75) is 19.4 Å². The molecular weight excluding hydrogens is 226 g/mol. The van der Waals surface area contributed by atoms with Gasteiger partial charge in [0.2, 0.25) is 0 Å². The summed E-state index contributed by atoms with van der Waals surface area (Å²) in [6.45, 7) is 6.54. The fraction of sp³-hybridized carbons (Fsp3) is 0.571. The Morgan fingerprint density at radius 3 is 2.56 bits per heavy atom. The predicted molar refractivity (Wildman–Crippen MR) is 76.2 cm³/mol. The summed E-state index contributed by atoms with van der Waals surface area (Å²) in [6, 6.07) is 8.78. The molecular formula is C14H23N3O. The van der Waals surface area contributed by atoms with E-state index < -0.39 is 0 Å². The largest absolute Gasteiger partial charge is 0.383 e. The minimum Gasteiger partial charge on any atom is -0.383 e. The molecule has 3 N–H and O–H groups in total. The summed E-state index contributed by atoms with van der Waals surface area (Å²) in [5.74, 6) is 0. The maximum Gasteiger partial charge on any atom is 0.0642 e. The summed E-state index contributed by atoms with van der Waals surface area (Å²) in [4.78, 5) is 2.35. The van der Waals surface area contributed by atoms with Gasteiger partial charge in [-0.15, -0.1) is 0 Å². The molecule has 1 aromatic carbocycles. The van der Waals surface area contributed by atoms with Crippen molar-refractivity contribution in [2.75, 3.05) is 43.1 Å². The molecule has 4 nitrogen and oxygen atoms in total. The molecule has 0 aliphatic carbocycles. The van der Waals surface area contributed by atoms with Crippen LogP contribution >= 0.6 is 0 Å². The topological polar surface area (TPSA) is 50.5 Å². The van der Waals surface area contributed by atoms with Crippen molar-refractivity contribution < 1.29 is 4.74 Å². The van der Waals surface area contributed by atoms with Crippen molar-refractivity contribution >= 4 is 11.4 Å². The van der Waals surface area contributed by atoms with Crippen LogP contribution in [-0.4, -0.2) is 38.9 Å². The van der Waals surface area contributed by atoms with Crippen LogP contribution in [0.2, 0.25) is 0 Å². The first-order valence-electron chi connectivity index (χ1n) is 6.72. The maximum absolute atomic E-state index is 5.88. The van der Waals surface area contributed by atoms with Gasteiger partial charge in [-0.05, 0) is 30.7 Å². The van der Waals surface area contributed by atoms with Crippen LogP contribution in [0, 0.1) is 0 Å². The van der Waals surface area contributed by atoms with E-state index in [1.807, 2.05) is 0 Å². The highest BCUT2D eigenvalue weighted by atomic mass is 16.5. The van der Waals surface area contributed by atoms with Gasteiger partial charge in [0, 0.05) is 37.1 Å². The van der Waals surface area contributed by atoms with E-state index in [1.54, 1.807) is 0 Å². The molecule has 0 spiro atoms. The summed E-state index contributed by atoms with van der Waals surface area (Å²) >= 11 is 0. The SMILES string of the molecule is CC[C@@H](N)CNc1ccc(N2CCOCC2)cc1. The highest BCUT2D eigenvalue weighted by Crippen LogP contribution is 2.18. The average molecular weight is 249 g/mol. The number of hydrogen-bond acceptors (Lipinski definition) is 4. The van der Waals surface area contributed by atoms with Crippen LogP contribution in [0.3, 0.4) is 0 Å². The summed E-state index contributed by atoms with van der Waals surface area (Å²) in [5.41, 5.74) is 8.29. The minimum atomic E-state index is 0.226. The average Bonchev–Trinajstić information content (AvgIpc) is 2.46. The second-order valence-electron chi connectivity index (χ2n) is 4.70. The fourth-order valence-corrected chi connectivity index (χ4v) is 2.00. The van der Waals surface area contributed by atoms with Gasteiger partial charge < -0.3 is 20.7 Å². The number of nitrogens with zero attached hydrogens (tertiary/aromatic N) is 1. The van der Waals surface area contributed by atoms with E-state index in [0.717, 1.165) is 45.0 Å². The summed E-state index contributed by atoms with van der Waals surface area (Å²) in [5, 5.41) is 3.36. The minimum absolute atomic E-state index is 0.226. The van der Waals surface area contributed by atoms with Crippen LogP contribution in [0.15, 0.2) is 24.3 Å². The lowest BCUT2D eigenvalue weighted by molar-refractivity contribution is 0.122. The molecule has 1 aliphatic rings. The van der Waals surface area contributed by atoms with Gasteiger partial charge in [-0.25, -0.2) is 0 Å². The van der Waals surface area contributed by atoms with E-state index in [9.17, 15) is 0 Å². The number of anilines is 2. The predicted octanol–water partition coefficient (Wildman–Crippen LogP) is 1.67. The molecule has 100 valence electrons. The molecule has 0 bridgehead atoms. The number of benzene rings is 1. The molecule has 1 heterocycles. The molecule has 18 heavy (non-hydrogen) atoms. The lowest BCUT2D eigenvalue weighted by atomic mass is 10.2. The summed E-state index contributed by atoms with van der Waals surface area (Å²) in [7, 11) is 0. The molecule has 1 saturated heterocycles. The first kappa shape index (κ1) is 13.2. The molecule has 0 saturated carbocycles. The van der Waals surface area contributed by atoms with E-state index in [0.29, 0.717) is 0 Å². The highest BCUT2D eigenvalue weighted by Gasteiger charge is 2.10. The van der Waals surface area contributed by atoms with Gasteiger partial charge in [0.15, 0.2) is 0 Å². The molecule has 4 heteroatoms. The number of nitrogens with two attached hydrogens (primary N) is 1. The second kappa shape index (κ2) is 6.61. The van der Waals surface area contributed by atoms with Gasteiger partial charge in [0.25, 0.3) is 0 Å². The van der Waals surface area contributed by atoms with E-state index in [1.165, 1.54) is 5.69 Å². The van der Waals surface area contributed by atoms with Crippen molar-refractivity contribution in [1.29, 1.82) is 0 Å². The van der Waals surface area contributed by atoms with Gasteiger partial charge in [-0.3, -0.25) is 0 Å². The second-order valence-corrected chi connectivity index (χ2v) is 4.70. The molecule has 1 aliphatic heterocycles.